The Kier molecular flexibility index (Phi) is 8.76. The predicted molar refractivity (Wildman–Crippen MR) is 137 cm³/mol. The highest BCUT2D eigenvalue weighted by atomic mass is 19.4. The van der Waals surface area contributed by atoms with Crippen molar-refractivity contribution in [2.75, 3.05) is 40.3 Å². The first-order chi connectivity index (χ1) is 19.2. The number of carbonyl (C=O) groups is 2. The maximum atomic E-state index is 13.5. The van der Waals surface area contributed by atoms with Crippen LogP contribution in [0.25, 0.3) is 0 Å². The Morgan fingerprint density at radius 1 is 0.902 bits per heavy atom. The molecule has 2 atom stereocenters. The summed E-state index contributed by atoms with van der Waals surface area (Å²) in [6.45, 7) is 1.79. The van der Waals surface area contributed by atoms with Crippen LogP contribution in [0.2, 0.25) is 0 Å². The van der Waals surface area contributed by atoms with E-state index in [0.29, 0.717) is 63.3 Å². The zero-order chi connectivity index (χ0) is 30.1. The lowest BCUT2D eigenvalue weighted by Crippen LogP contribution is -2.55. The fourth-order valence-electron chi connectivity index (χ4n) is 5.79. The summed E-state index contributed by atoms with van der Waals surface area (Å²) in [5.41, 5.74) is -2.94. The Balaban J connectivity index is 1.63. The maximum absolute atomic E-state index is 13.5. The molecule has 2 aromatic carbocycles. The average molecular weight is 588 g/mol. The second-order valence-electron chi connectivity index (χ2n) is 10.4. The van der Waals surface area contributed by atoms with Crippen LogP contribution in [0.1, 0.15) is 52.2 Å². The highest BCUT2D eigenvalue weighted by molar-refractivity contribution is 5.95. The molecule has 4 rings (SSSR count). The van der Waals surface area contributed by atoms with Crippen molar-refractivity contribution in [3.05, 3.63) is 64.7 Å². The standard InChI is InChI=1S/C28H31F6N3O4/c1-35(25(38)18-13-19(27(29,30)31)15-20(14-18)28(32,33)34)24-9-12-37(21-7-10-36(11-8-21)26(39)40)16-23(24)17-3-5-22(41-2)6-4-17/h3-6,13-15,21,23-24H,7-12,16H2,1-2H3,(H,39,40). The Bertz CT molecular complexity index is 1210. The Hall–Kier alpha value is -3.48. The summed E-state index contributed by atoms with van der Waals surface area (Å²) in [4.78, 5) is 29.6. The van der Waals surface area contributed by atoms with E-state index in [2.05, 4.69) is 4.90 Å². The predicted octanol–water partition coefficient (Wildman–Crippen LogP) is 5.81. The number of halogens is 6. The van der Waals surface area contributed by atoms with E-state index in [1.807, 2.05) is 12.1 Å². The highest BCUT2D eigenvalue weighted by Crippen LogP contribution is 2.38. The summed E-state index contributed by atoms with van der Waals surface area (Å²) in [5.74, 6) is -0.644. The van der Waals surface area contributed by atoms with Gasteiger partial charge in [-0.05, 0) is 55.2 Å². The lowest BCUT2D eigenvalue weighted by Gasteiger charge is -2.47. The van der Waals surface area contributed by atoms with Gasteiger partial charge in [0, 0.05) is 56.8 Å². The number of likely N-dealkylation sites (tertiary alicyclic amines) is 2. The molecule has 7 nitrogen and oxygen atoms in total. The van der Waals surface area contributed by atoms with Crippen molar-refractivity contribution in [1.29, 1.82) is 0 Å². The van der Waals surface area contributed by atoms with Gasteiger partial charge in [0.05, 0.1) is 18.2 Å². The quantitative estimate of drug-likeness (QED) is 0.448. The number of alkyl halides is 6. The Morgan fingerprint density at radius 2 is 1.46 bits per heavy atom. The minimum Gasteiger partial charge on any atom is -0.497 e. The second-order valence-corrected chi connectivity index (χ2v) is 10.4. The van der Waals surface area contributed by atoms with Gasteiger partial charge in [-0.15, -0.1) is 0 Å². The second kappa shape index (κ2) is 11.8. The van der Waals surface area contributed by atoms with E-state index in [4.69, 9.17) is 4.74 Å². The summed E-state index contributed by atoms with van der Waals surface area (Å²) < 4.78 is 85.9. The zero-order valence-electron chi connectivity index (χ0n) is 22.5. The molecular formula is C28H31F6N3O4. The smallest absolute Gasteiger partial charge is 0.416 e. The van der Waals surface area contributed by atoms with Crippen molar-refractivity contribution >= 4 is 12.0 Å². The molecule has 224 valence electrons. The van der Waals surface area contributed by atoms with Gasteiger partial charge in [-0.25, -0.2) is 4.79 Å². The van der Waals surface area contributed by atoms with Crippen LogP contribution in [-0.4, -0.2) is 84.2 Å². The van der Waals surface area contributed by atoms with E-state index in [1.54, 1.807) is 12.1 Å². The van der Waals surface area contributed by atoms with Gasteiger partial charge in [-0.1, -0.05) is 12.1 Å². The molecule has 2 unspecified atom stereocenters. The Morgan fingerprint density at radius 3 is 1.95 bits per heavy atom. The first-order valence-corrected chi connectivity index (χ1v) is 13.1. The van der Waals surface area contributed by atoms with Crippen LogP contribution in [0.5, 0.6) is 5.75 Å². The first-order valence-electron chi connectivity index (χ1n) is 13.1. The largest absolute Gasteiger partial charge is 0.497 e. The third kappa shape index (κ3) is 6.88. The number of rotatable bonds is 5. The summed E-state index contributed by atoms with van der Waals surface area (Å²) >= 11 is 0. The monoisotopic (exact) mass is 587 g/mol. The molecule has 13 heteroatoms. The molecule has 0 bridgehead atoms. The molecule has 2 saturated heterocycles. The van der Waals surface area contributed by atoms with E-state index in [9.17, 15) is 41.0 Å². The summed E-state index contributed by atoms with van der Waals surface area (Å²) in [6.07, 6.45) is -9.42. The van der Waals surface area contributed by atoms with Crippen molar-refractivity contribution in [2.24, 2.45) is 0 Å². The van der Waals surface area contributed by atoms with Gasteiger partial charge in [0.15, 0.2) is 0 Å². The van der Waals surface area contributed by atoms with Gasteiger partial charge >= 0.3 is 18.4 Å². The fourth-order valence-corrected chi connectivity index (χ4v) is 5.79. The topological polar surface area (TPSA) is 73.3 Å². The molecule has 0 saturated carbocycles. The molecule has 1 N–H and O–H groups in total. The maximum Gasteiger partial charge on any atom is 0.416 e. The van der Waals surface area contributed by atoms with E-state index in [1.165, 1.54) is 24.0 Å². The number of hydrogen-bond acceptors (Lipinski definition) is 4. The first kappa shape index (κ1) is 30.5. The van der Waals surface area contributed by atoms with E-state index in [-0.39, 0.29) is 18.0 Å². The van der Waals surface area contributed by atoms with Crippen LogP contribution < -0.4 is 4.74 Å². The number of carboxylic acid groups (broad SMARTS) is 1. The molecule has 0 spiro atoms. The molecule has 2 aliphatic rings. The lowest BCUT2D eigenvalue weighted by molar-refractivity contribution is -0.143. The normalized spacial score (nSPS) is 21.0. The molecule has 0 radical (unpaired) electrons. The third-order valence-corrected chi connectivity index (χ3v) is 8.06. The van der Waals surface area contributed by atoms with Gasteiger partial charge in [-0.3, -0.25) is 9.69 Å². The number of carbonyl (C=O) groups excluding carboxylic acids is 1. The van der Waals surface area contributed by atoms with E-state index < -0.39 is 47.1 Å². The van der Waals surface area contributed by atoms with Crippen LogP contribution in [0.4, 0.5) is 31.1 Å². The number of hydrogen-bond donors (Lipinski definition) is 1. The lowest BCUT2D eigenvalue weighted by atomic mass is 9.83. The van der Waals surface area contributed by atoms with Gasteiger partial charge in [-0.2, -0.15) is 26.3 Å². The number of piperidine rings is 2. The molecule has 2 heterocycles. The average Bonchev–Trinajstić information content (AvgIpc) is 2.95. The SMILES string of the molecule is COc1ccc(C2CN(C3CCN(C(=O)O)CC3)CCC2N(C)C(=O)c2cc(C(F)(F)F)cc(C(F)(F)F)c2)cc1. The summed E-state index contributed by atoms with van der Waals surface area (Å²) in [5, 5.41) is 9.27. The Labute approximate surface area is 233 Å². The van der Waals surface area contributed by atoms with Crippen LogP contribution in [-0.2, 0) is 12.4 Å². The van der Waals surface area contributed by atoms with Crippen molar-refractivity contribution < 1.29 is 45.8 Å². The van der Waals surface area contributed by atoms with Crippen molar-refractivity contribution in [3.8, 4) is 5.75 Å². The molecular weight excluding hydrogens is 556 g/mol. The molecule has 41 heavy (non-hydrogen) atoms. The van der Waals surface area contributed by atoms with Crippen LogP contribution in [0.3, 0.4) is 0 Å². The number of amides is 2. The van der Waals surface area contributed by atoms with Gasteiger partial charge < -0.3 is 19.6 Å². The molecule has 0 aromatic heterocycles. The van der Waals surface area contributed by atoms with Crippen LogP contribution in [0.15, 0.2) is 42.5 Å². The summed E-state index contributed by atoms with van der Waals surface area (Å²) in [6, 6.07) is 7.67. The minimum absolute atomic E-state index is 0.00504. The molecule has 2 aliphatic heterocycles. The number of likely N-dealkylation sites (N-methyl/N-ethyl adjacent to an activating group) is 1. The van der Waals surface area contributed by atoms with Gasteiger partial charge in [0.25, 0.3) is 5.91 Å². The number of nitrogens with zero attached hydrogens (tertiary/aromatic N) is 3. The molecule has 0 aliphatic carbocycles. The summed E-state index contributed by atoms with van der Waals surface area (Å²) in [7, 11) is 2.92. The van der Waals surface area contributed by atoms with E-state index in [0.717, 1.165) is 5.56 Å². The van der Waals surface area contributed by atoms with Gasteiger partial charge in [0.2, 0.25) is 0 Å². The third-order valence-electron chi connectivity index (χ3n) is 8.06. The minimum atomic E-state index is -5.07. The zero-order valence-corrected chi connectivity index (χ0v) is 22.5. The molecule has 2 aromatic rings. The van der Waals surface area contributed by atoms with Gasteiger partial charge in [0.1, 0.15) is 5.75 Å². The van der Waals surface area contributed by atoms with Crippen molar-refractivity contribution in [1.82, 2.24) is 14.7 Å². The molecule has 2 amide bonds. The fraction of sp³-hybridized carbons (Fsp3) is 0.500. The number of benzene rings is 2. The van der Waals surface area contributed by atoms with Crippen molar-refractivity contribution in [2.45, 2.75) is 49.6 Å². The van der Waals surface area contributed by atoms with Crippen LogP contribution in [0, 0.1) is 0 Å². The number of methoxy groups -OCH3 is 1. The molecule has 2 fully saturated rings. The van der Waals surface area contributed by atoms with E-state index >= 15 is 0 Å². The highest BCUT2D eigenvalue weighted by Gasteiger charge is 2.41. The van der Waals surface area contributed by atoms with Crippen molar-refractivity contribution in [3.63, 3.8) is 0 Å². The number of ether oxygens (including phenoxy) is 1. The van der Waals surface area contributed by atoms with Crippen LogP contribution >= 0.6 is 0 Å².